The zero-order chi connectivity index (χ0) is 38.4. The number of hydrogen-bond acceptors (Lipinski definition) is 10. The summed E-state index contributed by atoms with van der Waals surface area (Å²) in [6.07, 6.45) is 3.52. The van der Waals surface area contributed by atoms with Gasteiger partial charge in [-0.25, -0.2) is 13.2 Å². The fourth-order valence-corrected chi connectivity index (χ4v) is 7.46. The molecule has 54 heavy (non-hydrogen) atoms. The largest absolute Gasteiger partial charge is 0.744 e. The van der Waals surface area contributed by atoms with Crippen LogP contribution in [0.25, 0.3) is 0 Å². The van der Waals surface area contributed by atoms with Gasteiger partial charge in [0.15, 0.2) is 21.3 Å². The van der Waals surface area contributed by atoms with Crippen LogP contribution in [0.4, 0.5) is 0 Å². The van der Waals surface area contributed by atoms with Crippen molar-refractivity contribution in [2.24, 2.45) is 0 Å². The first-order valence-electron chi connectivity index (χ1n) is 16.9. The summed E-state index contributed by atoms with van der Waals surface area (Å²) in [6, 6.07) is 42.8. The van der Waals surface area contributed by atoms with Gasteiger partial charge in [0.05, 0.1) is 27.2 Å². The minimum Gasteiger partial charge on any atom is -0.744 e. The van der Waals surface area contributed by atoms with Crippen LogP contribution < -0.4 is 14.2 Å². The molecule has 6 aromatic rings. The molecule has 2 aromatic heterocycles. The third kappa shape index (κ3) is 12.8. The monoisotopic (exact) mass is 764 g/mol. The highest BCUT2D eigenvalue weighted by molar-refractivity contribution is 7.97. The van der Waals surface area contributed by atoms with Gasteiger partial charge in [0.1, 0.15) is 46.2 Å². The Balaban J connectivity index is 0.000000486. The van der Waals surface area contributed by atoms with Crippen molar-refractivity contribution in [3.05, 3.63) is 163 Å². The van der Waals surface area contributed by atoms with E-state index in [9.17, 15) is 17.8 Å². The van der Waals surface area contributed by atoms with Gasteiger partial charge < -0.3 is 23.5 Å². The van der Waals surface area contributed by atoms with Crippen molar-refractivity contribution >= 4 is 27.0 Å². The van der Waals surface area contributed by atoms with Crippen molar-refractivity contribution in [3.8, 4) is 17.2 Å². The van der Waals surface area contributed by atoms with E-state index in [4.69, 9.17) is 18.9 Å². The summed E-state index contributed by atoms with van der Waals surface area (Å²) in [6.45, 7) is 6.08. The second-order valence-corrected chi connectivity index (χ2v) is 16.0. The molecule has 0 atom stereocenters. The lowest BCUT2D eigenvalue weighted by atomic mass is 10.2. The highest BCUT2D eigenvalue weighted by atomic mass is 32.2. The Morgan fingerprint density at radius 3 is 1.57 bits per heavy atom. The van der Waals surface area contributed by atoms with Gasteiger partial charge in [0, 0.05) is 24.5 Å². The molecule has 0 amide bonds. The highest BCUT2D eigenvalue weighted by Gasteiger charge is 2.30. The van der Waals surface area contributed by atoms with E-state index in [2.05, 4.69) is 34.2 Å². The maximum Gasteiger partial charge on any atom is 0.344 e. The lowest BCUT2D eigenvalue weighted by Gasteiger charge is -2.19. The lowest BCUT2D eigenvalue weighted by molar-refractivity contribution is -0.157. The summed E-state index contributed by atoms with van der Waals surface area (Å²) < 4.78 is 54.2. The fourth-order valence-electron chi connectivity index (χ4n) is 4.84. The minimum atomic E-state index is -4.25. The van der Waals surface area contributed by atoms with Crippen LogP contribution in [0, 0.1) is 0 Å². The van der Waals surface area contributed by atoms with Gasteiger partial charge in [0.2, 0.25) is 0 Å². The first-order chi connectivity index (χ1) is 25.9. The van der Waals surface area contributed by atoms with Crippen molar-refractivity contribution in [2.45, 2.75) is 59.2 Å². The molecule has 0 bridgehead atoms. The Bertz CT molecular complexity index is 2100. The summed E-state index contributed by atoms with van der Waals surface area (Å²) >= 11 is 0. The topological polar surface area (TPSA) is 137 Å². The number of aromatic nitrogens is 2. The Kier molecular flexibility index (Phi) is 13.8. The molecule has 0 aliphatic rings. The van der Waals surface area contributed by atoms with Gasteiger partial charge in [-0.1, -0.05) is 42.5 Å². The molecule has 4 aromatic carbocycles. The van der Waals surface area contributed by atoms with E-state index in [1.807, 2.05) is 106 Å². The average molecular weight is 765 g/mol. The molecule has 0 aliphatic carbocycles. The summed E-state index contributed by atoms with van der Waals surface area (Å²) in [5.41, 5.74) is 1.15. The smallest absolute Gasteiger partial charge is 0.344 e. The molecule has 0 saturated heterocycles. The molecule has 2 heterocycles. The maximum atomic E-state index is 12.2. The number of ether oxygens (including phenoxy) is 4. The second-order valence-electron chi connectivity index (χ2n) is 12.6. The third-order valence-corrected chi connectivity index (χ3v) is 10.2. The Labute approximate surface area is 318 Å². The molecule has 0 radical (unpaired) electrons. The number of carbonyl (C=O) groups is 1. The van der Waals surface area contributed by atoms with Crippen molar-refractivity contribution in [1.82, 2.24) is 9.97 Å². The third-order valence-electron chi connectivity index (χ3n) is 7.18. The number of nitrogens with zero attached hydrogens (tertiary/aromatic N) is 2. The van der Waals surface area contributed by atoms with Gasteiger partial charge in [-0.3, -0.25) is 9.97 Å². The predicted octanol–water partition coefficient (Wildman–Crippen LogP) is 8.04. The molecule has 0 N–H and O–H groups in total. The van der Waals surface area contributed by atoms with Crippen LogP contribution >= 0.6 is 0 Å². The van der Waals surface area contributed by atoms with Crippen molar-refractivity contribution in [1.29, 1.82) is 0 Å². The van der Waals surface area contributed by atoms with E-state index in [1.54, 1.807) is 18.5 Å². The number of esters is 1. The van der Waals surface area contributed by atoms with Crippen LogP contribution in [0.2, 0.25) is 0 Å². The van der Waals surface area contributed by atoms with E-state index < -0.39 is 32.6 Å². The standard InChI is InChI=1S/C36H35N2O5S.C6H6O3S/c1-36(2,3)43-35(39)26-42-29-16-18-32(19-17-29)44(33-14-8-12-30(22-33)40-24-27-10-4-6-20-37-27)34-15-9-13-31(23-34)41-25-28-11-5-7-21-38-28;7-10(8,9)6-4-2-1-3-5-6/h4-23H,24-26H2,1-3H3;1-5H,(H,7,8,9)/q+1;/p-1. The minimum absolute atomic E-state index is 0.159. The number of pyridine rings is 2. The van der Waals surface area contributed by atoms with Gasteiger partial charge in [-0.15, -0.1) is 0 Å². The first kappa shape index (κ1) is 39.5. The normalized spacial score (nSPS) is 11.2. The molecular weight excluding hydrogens is 725 g/mol. The van der Waals surface area contributed by atoms with Gasteiger partial charge in [-0.05, 0) is 106 Å². The number of benzene rings is 4. The average Bonchev–Trinajstić information content (AvgIpc) is 3.17. The molecule has 0 fully saturated rings. The maximum absolute atomic E-state index is 12.2. The highest BCUT2D eigenvalue weighted by Crippen LogP contribution is 2.35. The Hall–Kier alpha value is -5.69. The van der Waals surface area contributed by atoms with Crippen molar-refractivity contribution < 1.29 is 36.7 Å². The van der Waals surface area contributed by atoms with E-state index >= 15 is 0 Å². The Morgan fingerprint density at radius 2 is 1.13 bits per heavy atom. The molecule has 0 unspecified atom stereocenters. The zero-order valence-corrected chi connectivity index (χ0v) is 31.7. The van der Waals surface area contributed by atoms with Crippen LogP contribution in [0.1, 0.15) is 32.2 Å². The Morgan fingerprint density at radius 1 is 0.611 bits per heavy atom. The van der Waals surface area contributed by atoms with E-state index in [0.29, 0.717) is 19.0 Å². The van der Waals surface area contributed by atoms with Crippen molar-refractivity contribution in [2.75, 3.05) is 6.61 Å². The molecule has 278 valence electrons. The van der Waals surface area contributed by atoms with E-state index in [-0.39, 0.29) is 11.5 Å². The molecule has 0 saturated carbocycles. The van der Waals surface area contributed by atoms with Crippen LogP contribution in [0.3, 0.4) is 0 Å². The van der Waals surface area contributed by atoms with Gasteiger partial charge in [-0.2, -0.15) is 0 Å². The van der Waals surface area contributed by atoms with Crippen molar-refractivity contribution in [3.63, 3.8) is 0 Å². The summed E-state index contributed by atoms with van der Waals surface area (Å²) in [7, 11) is -4.76. The molecule has 0 aliphatic heterocycles. The molecule has 12 heteroatoms. The van der Waals surface area contributed by atoms with Crippen LogP contribution in [-0.4, -0.2) is 41.1 Å². The summed E-state index contributed by atoms with van der Waals surface area (Å²) in [5, 5.41) is 0. The van der Waals surface area contributed by atoms with Gasteiger partial charge >= 0.3 is 5.97 Å². The lowest BCUT2D eigenvalue weighted by Crippen LogP contribution is -2.27. The zero-order valence-electron chi connectivity index (χ0n) is 30.0. The van der Waals surface area contributed by atoms with Crippen LogP contribution in [0.15, 0.2) is 172 Å². The molecule has 10 nitrogen and oxygen atoms in total. The second kappa shape index (κ2) is 18.9. The van der Waals surface area contributed by atoms with Crippen LogP contribution in [-0.2, 0) is 43.8 Å². The number of rotatable bonds is 13. The summed E-state index contributed by atoms with van der Waals surface area (Å²) in [5.74, 6) is 1.69. The quantitative estimate of drug-likeness (QED) is 0.0646. The fraction of sp³-hybridized carbons (Fsp3) is 0.167. The summed E-state index contributed by atoms with van der Waals surface area (Å²) in [4.78, 5) is 23.9. The molecule has 6 rings (SSSR count). The predicted molar refractivity (Wildman–Crippen MR) is 204 cm³/mol. The number of carbonyl (C=O) groups excluding carboxylic acids is 1. The molecule has 0 spiro atoms. The van der Waals surface area contributed by atoms with E-state index in [1.165, 1.54) is 24.3 Å². The first-order valence-corrected chi connectivity index (χ1v) is 19.5. The SMILES string of the molecule is CC(C)(C)OC(=O)COc1ccc([S+](c2cccc(OCc3ccccn3)c2)c2cccc(OCc3ccccn3)c2)cc1.O=S(=O)([O-])c1ccccc1. The number of hydrogen-bond donors (Lipinski definition) is 0. The van der Waals surface area contributed by atoms with Gasteiger partial charge in [0.25, 0.3) is 0 Å². The molecular formula is C42H40N2O8S2. The van der Waals surface area contributed by atoms with E-state index in [0.717, 1.165) is 37.6 Å². The van der Waals surface area contributed by atoms with Crippen LogP contribution in [0.5, 0.6) is 17.2 Å².